The second kappa shape index (κ2) is 3.96. The van der Waals surface area contributed by atoms with Gasteiger partial charge in [0.2, 0.25) is 0 Å². The van der Waals surface area contributed by atoms with Gasteiger partial charge in [0.1, 0.15) is 0 Å². The summed E-state index contributed by atoms with van der Waals surface area (Å²) in [7, 11) is 0. The molecule has 0 bridgehead atoms. The van der Waals surface area contributed by atoms with Crippen LogP contribution in [-0.2, 0) is 0 Å². The molecule has 0 aliphatic heterocycles. The molecule has 0 amide bonds. The van der Waals surface area contributed by atoms with Crippen molar-refractivity contribution in [2.75, 3.05) is 12.4 Å². The molecule has 1 rings (SSSR count). The molecule has 0 heterocycles. The first-order valence-electron chi connectivity index (χ1n) is 3.32. The third-order valence-corrected chi connectivity index (χ3v) is 2.63. The molecule has 1 atom stereocenters. The van der Waals surface area contributed by atoms with E-state index in [4.69, 9.17) is 5.11 Å². The van der Waals surface area contributed by atoms with E-state index in [-0.39, 0.29) is 0 Å². The Morgan fingerprint density at radius 1 is 1.67 bits per heavy atom. The average Bonchev–Trinajstić information content (AvgIpc) is 2.34. The fourth-order valence-electron chi connectivity index (χ4n) is 0.948. The van der Waals surface area contributed by atoms with Crippen molar-refractivity contribution in [1.82, 2.24) is 0 Å². The summed E-state index contributed by atoms with van der Waals surface area (Å²) in [5, 5.41) is 9.17. The van der Waals surface area contributed by atoms with Gasteiger partial charge >= 0.3 is 0 Å². The van der Waals surface area contributed by atoms with Crippen molar-refractivity contribution in [3.05, 3.63) is 12.2 Å². The molecule has 0 unspecified atom stereocenters. The molecule has 1 aliphatic rings. The van der Waals surface area contributed by atoms with E-state index >= 15 is 0 Å². The molecule has 0 radical (unpaired) electrons. The lowest BCUT2D eigenvalue weighted by molar-refractivity contribution is 0.322. The van der Waals surface area contributed by atoms with Gasteiger partial charge in [-0.25, -0.2) is 0 Å². The Kier molecular flexibility index (Phi) is 3.15. The first-order valence-corrected chi connectivity index (χ1v) is 4.37. The lowest BCUT2D eigenvalue weighted by Gasteiger charge is -2.03. The molecule has 0 saturated carbocycles. The van der Waals surface area contributed by atoms with Crippen LogP contribution < -0.4 is 0 Å². The molecule has 0 saturated heterocycles. The smallest absolute Gasteiger partial charge is 0.0521 e. The Morgan fingerprint density at radius 2 is 2.56 bits per heavy atom. The van der Waals surface area contributed by atoms with Crippen LogP contribution in [0, 0.1) is 0 Å². The largest absolute Gasteiger partial charge is 0.396 e. The van der Waals surface area contributed by atoms with E-state index in [1.165, 1.54) is 12.8 Å². The summed E-state index contributed by atoms with van der Waals surface area (Å²) < 4.78 is 0. The molecule has 1 nitrogen and oxygen atoms in total. The predicted octanol–water partition coefficient (Wildman–Crippen LogP) is 1.43. The summed E-state index contributed by atoms with van der Waals surface area (Å²) in [6, 6.07) is 0. The minimum atomic E-state index is 0.314. The standard InChI is InChI=1S/C7H12OS/c8-5-6-9-7-3-1-2-4-7/h1,3,7-8H,2,4-6H2/t7-/m0/s1. The fraction of sp³-hybridized carbons (Fsp3) is 0.714. The van der Waals surface area contributed by atoms with Crippen molar-refractivity contribution < 1.29 is 5.11 Å². The Labute approximate surface area is 60.2 Å². The van der Waals surface area contributed by atoms with Crippen LogP contribution >= 0.6 is 11.8 Å². The van der Waals surface area contributed by atoms with E-state index in [0.717, 1.165) is 5.75 Å². The molecule has 9 heavy (non-hydrogen) atoms. The van der Waals surface area contributed by atoms with Gasteiger partial charge in [0, 0.05) is 11.0 Å². The highest BCUT2D eigenvalue weighted by molar-refractivity contribution is 8.00. The topological polar surface area (TPSA) is 20.2 Å². The third-order valence-electron chi connectivity index (χ3n) is 1.39. The monoisotopic (exact) mass is 144 g/mol. The Bertz CT molecular complexity index is 101. The van der Waals surface area contributed by atoms with Gasteiger partial charge in [0.05, 0.1) is 6.61 Å². The highest BCUT2D eigenvalue weighted by atomic mass is 32.2. The molecule has 0 aromatic rings. The number of aliphatic hydroxyl groups excluding tert-OH is 1. The van der Waals surface area contributed by atoms with Gasteiger partial charge in [-0.05, 0) is 12.8 Å². The first-order chi connectivity index (χ1) is 4.43. The van der Waals surface area contributed by atoms with Gasteiger partial charge < -0.3 is 5.11 Å². The molecule has 0 fully saturated rings. The molecule has 0 aromatic carbocycles. The van der Waals surface area contributed by atoms with Crippen LogP contribution in [0.4, 0.5) is 0 Å². The van der Waals surface area contributed by atoms with E-state index < -0.39 is 0 Å². The normalized spacial score (nSPS) is 25.2. The molecule has 0 aromatic heterocycles. The molecular weight excluding hydrogens is 132 g/mol. The van der Waals surface area contributed by atoms with E-state index in [1.54, 1.807) is 0 Å². The Balaban J connectivity index is 2.05. The van der Waals surface area contributed by atoms with Gasteiger partial charge in [-0.2, -0.15) is 11.8 Å². The van der Waals surface area contributed by atoms with Gasteiger partial charge in [-0.1, -0.05) is 12.2 Å². The van der Waals surface area contributed by atoms with Gasteiger partial charge in [-0.3, -0.25) is 0 Å². The minimum absolute atomic E-state index is 0.314. The molecular formula is C7H12OS. The number of hydrogen-bond acceptors (Lipinski definition) is 2. The minimum Gasteiger partial charge on any atom is -0.396 e. The number of allylic oxidation sites excluding steroid dienone is 1. The lowest BCUT2D eigenvalue weighted by atomic mass is 10.4. The van der Waals surface area contributed by atoms with Crippen molar-refractivity contribution in [2.24, 2.45) is 0 Å². The molecule has 1 aliphatic carbocycles. The maximum atomic E-state index is 8.48. The SMILES string of the molecule is OCCS[C@H]1C=CCC1. The highest BCUT2D eigenvalue weighted by Crippen LogP contribution is 2.22. The van der Waals surface area contributed by atoms with Crippen molar-refractivity contribution >= 4 is 11.8 Å². The summed E-state index contributed by atoms with van der Waals surface area (Å²) in [4.78, 5) is 0. The summed E-state index contributed by atoms with van der Waals surface area (Å²) in [6.07, 6.45) is 6.95. The summed E-state index contributed by atoms with van der Waals surface area (Å²) in [5.41, 5.74) is 0. The highest BCUT2D eigenvalue weighted by Gasteiger charge is 2.07. The Hall–Kier alpha value is 0.0500. The number of rotatable bonds is 3. The van der Waals surface area contributed by atoms with Crippen LogP contribution in [0.1, 0.15) is 12.8 Å². The zero-order valence-electron chi connectivity index (χ0n) is 5.42. The number of hydrogen-bond donors (Lipinski definition) is 1. The van der Waals surface area contributed by atoms with Gasteiger partial charge in [0.25, 0.3) is 0 Å². The number of thioether (sulfide) groups is 1. The van der Waals surface area contributed by atoms with Crippen molar-refractivity contribution in [3.8, 4) is 0 Å². The third kappa shape index (κ3) is 2.41. The van der Waals surface area contributed by atoms with Crippen LogP contribution in [0.5, 0.6) is 0 Å². The van der Waals surface area contributed by atoms with Crippen molar-refractivity contribution in [3.63, 3.8) is 0 Å². The Morgan fingerprint density at radius 3 is 3.11 bits per heavy atom. The number of aliphatic hydroxyl groups is 1. The van der Waals surface area contributed by atoms with Crippen LogP contribution in [0.2, 0.25) is 0 Å². The van der Waals surface area contributed by atoms with Crippen LogP contribution in [0.3, 0.4) is 0 Å². The quantitative estimate of drug-likeness (QED) is 0.605. The van der Waals surface area contributed by atoms with Gasteiger partial charge in [0.15, 0.2) is 0 Å². The van der Waals surface area contributed by atoms with E-state index in [9.17, 15) is 0 Å². The van der Waals surface area contributed by atoms with E-state index in [0.29, 0.717) is 11.9 Å². The van der Waals surface area contributed by atoms with Crippen LogP contribution in [0.15, 0.2) is 12.2 Å². The first kappa shape index (κ1) is 7.16. The second-order valence-electron chi connectivity index (χ2n) is 2.14. The van der Waals surface area contributed by atoms with E-state index in [1.807, 2.05) is 11.8 Å². The second-order valence-corrected chi connectivity index (χ2v) is 3.49. The predicted molar refractivity (Wildman–Crippen MR) is 41.7 cm³/mol. The maximum absolute atomic E-state index is 8.48. The molecule has 1 N–H and O–H groups in total. The lowest BCUT2D eigenvalue weighted by Crippen LogP contribution is -1.96. The van der Waals surface area contributed by atoms with Crippen molar-refractivity contribution in [2.45, 2.75) is 18.1 Å². The van der Waals surface area contributed by atoms with E-state index in [2.05, 4.69) is 12.2 Å². The average molecular weight is 144 g/mol. The molecule has 0 spiro atoms. The summed E-state index contributed by atoms with van der Waals surface area (Å²) >= 11 is 1.85. The summed E-state index contributed by atoms with van der Waals surface area (Å²) in [6.45, 7) is 0.314. The van der Waals surface area contributed by atoms with Crippen LogP contribution in [-0.4, -0.2) is 22.7 Å². The molecule has 52 valence electrons. The van der Waals surface area contributed by atoms with Crippen LogP contribution in [0.25, 0.3) is 0 Å². The van der Waals surface area contributed by atoms with Crippen molar-refractivity contribution in [1.29, 1.82) is 0 Å². The zero-order chi connectivity index (χ0) is 6.53. The summed E-state index contributed by atoms with van der Waals surface area (Å²) in [5.74, 6) is 0.884. The molecule has 2 heteroatoms. The van der Waals surface area contributed by atoms with Gasteiger partial charge in [-0.15, -0.1) is 0 Å². The zero-order valence-corrected chi connectivity index (χ0v) is 6.23. The maximum Gasteiger partial charge on any atom is 0.0521 e. The fourth-order valence-corrected chi connectivity index (χ4v) is 1.88.